The fourth-order valence-electron chi connectivity index (χ4n) is 2.13. The highest BCUT2D eigenvalue weighted by Gasteiger charge is 2.11. The number of anilines is 1. The van der Waals surface area contributed by atoms with E-state index in [4.69, 9.17) is 4.42 Å². The van der Waals surface area contributed by atoms with Crippen LogP contribution in [0.2, 0.25) is 0 Å². The summed E-state index contributed by atoms with van der Waals surface area (Å²) in [4.78, 5) is 1.11. The van der Waals surface area contributed by atoms with Crippen LogP contribution in [0, 0.1) is 6.92 Å². The van der Waals surface area contributed by atoms with Crippen LogP contribution >= 0.6 is 11.3 Å². The maximum Gasteiger partial charge on any atom is 0.125 e. The second kappa shape index (κ2) is 6.15. The van der Waals surface area contributed by atoms with Crippen LogP contribution in [-0.2, 0) is 13.1 Å². The molecule has 3 aromatic heterocycles. The molecule has 0 aliphatic rings. The van der Waals surface area contributed by atoms with Gasteiger partial charge in [-0.1, -0.05) is 6.07 Å². The van der Waals surface area contributed by atoms with Gasteiger partial charge in [-0.3, -0.25) is 0 Å². The van der Waals surface area contributed by atoms with E-state index in [1.165, 1.54) is 0 Å². The predicted octanol–water partition coefficient (Wildman–Crippen LogP) is 3.12. The number of aryl methyl sites for hydroxylation is 1. The lowest BCUT2D eigenvalue weighted by Crippen LogP contribution is -2.10. The van der Waals surface area contributed by atoms with Gasteiger partial charge in [-0.2, -0.15) is 5.10 Å². The molecular formula is C15H17N3O2S. The Bertz CT molecular complexity index is 700. The lowest BCUT2D eigenvalue weighted by Gasteiger charge is -2.07. The Kier molecular flexibility index (Phi) is 4.08. The third-order valence-electron chi connectivity index (χ3n) is 3.26. The first-order valence-corrected chi connectivity index (χ1v) is 7.65. The summed E-state index contributed by atoms with van der Waals surface area (Å²) in [5, 5.41) is 19.1. The summed E-state index contributed by atoms with van der Waals surface area (Å²) in [6.45, 7) is 3.13. The third kappa shape index (κ3) is 3.01. The molecule has 0 fully saturated rings. The highest BCUT2D eigenvalue weighted by molar-refractivity contribution is 7.13. The van der Waals surface area contributed by atoms with E-state index in [2.05, 4.69) is 10.4 Å². The second-order valence-corrected chi connectivity index (χ2v) is 5.67. The molecule has 0 radical (unpaired) electrons. The van der Waals surface area contributed by atoms with E-state index in [1.807, 2.05) is 36.6 Å². The fraction of sp³-hybridized carbons (Fsp3) is 0.267. The van der Waals surface area contributed by atoms with Crippen molar-refractivity contribution in [1.29, 1.82) is 0 Å². The maximum absolute atomic E-state index is 9.18. The Morgan fingerprint density at radius 2 is 2.33 bits per heavy atom. The zero-order chi connectivity index (χ0) is 14.7. The number of aliphatic hydroxyl groups is 1. The average Bonchev–Trinajstić information content (AvgIpc) is 3.18. The van der Waals surface area contributed by atoms with Crippen LogP contribution in [0.4, 0.5) is 5.82 Å². The van der Waals surface area contributed by atoms with Crippen molar-refractivity contribution in [2.24, 2.45) is 0 Å². The number of furan rings is 1. The Hall–Kier alpha value is -2.05. The van der Waals surface area contributed by atoms with Gasteiger partial charge >= 0.3 is 0 Å². The highest BCUT2D eigenvalue weighted by atomic mass is 32.1. The molecule has 0 aromatic carbocycles. The van der Waals surface area contributed by atoms with E-state index < -0.39 is 0 Å². The zero-order valence-electron chi connectivity index (χ0n) is 11.7. The smallest absolute Gasteiger partial charge is 0.125 e. The molecule has 21 heavy (non-hydrogen) atoms. The van der Waals surface area contributed by atoms with E-state index >= 15 is 0 Å². The van der Waals surface area contributed by atoms with Gasteiger partial charge < -0.3 is 14.8 Å². The van der Waals surface area contributed by atoms with E-state index in [1.54, 1.807) is 22.3 Å². The predicted molar refractivity (Wildman–Crippen MR) is 83.4 cm³/mol. The van der Waals surface area contributed by atoms with Crippen molar-refractivity contribution in [1.82, 2.24) is 9.78 Å². The third-order valence-corrected chi connectivity index (χ3v) is 4.16. The van der Waals surface area contributed by atoms with Gasteiger partial charge in [-0.05, 0) is 30.0 Å². The molecule has 0 atom stereocenters. The molecule has 6 heteroatoms. The van der Waals surface area contributed by atoms with Crippen LogP contribution in [0.15, 0.2) is 40.3 Å². The Morgan fingerprint density at radius 1 is 1.43 bits per heavy atom. The largest absolute Gasteiger partial charge is 0.467 e. The number of thiophene rings is 1. The van der Waals surface area contributed by atoms with Crippen LogP contribution in [0.5, 0.6) is 0 Å². The standard InChI is InChI=1S/C15H17N3O2S/c1-11-4-7-20-13(11)10-16-15-9-12(14-3-2-8-21-14)17-18(15)5-6-19/h2-4,7-9,16,19H,5-6,10H2,1H3. The first kappa shape index (κ1) is 13.9. The second-order valence-electron chi connectivity index (χ2n) is 4.72. The van der Waals surface area contributed by atoms with Gasteiger partial charge in [0.15, 0.2) is 0 Å². The SMILES string of the molecule is Cc1ccoc1CNc1cc(-c2cccs2)nn1CCO. The van der Waals surface area contributed by atoms with Crippen molar-refractivity contribution in [2.75, 3.05) is 11.9 Å². The van der Waals surface area contributed by atoms with Gasteiger partial charge in [0.1, 0.15) is 17.3 Å². The lowest BCUT2D eigenvalue weighted by atomic mass is 10.3. The Morgan fingerprint density at radius 3 is 3.00 bits per heavy atom. The van der Waals surface area contributed by atoms with Crippen LogP contribution < -0.4 is 5.32 Å². The van der Waals surface area contributed by atoms with E-state index in [0.717, 1.165) is 27.7 Å². The minimum absolute atomic E-state index is 0.0556. The summed E-state index contributed by atoms with van der Waals surface area (Å²) in [6.07, 6.45) is 1.69. The summed E-state index contributed by atoms with van der Waals surface area (Å²) >= 11 is 1.65. The molecule has 3 rings (SSSR count). The average molecular weight is 303 g/mol. The fourth-order valence-corrected chi connectivity index (χ4v) is 2.81. The molecule has 0 bridgehead atoms. The number of aromatic nitrogens is 2. The minimum Gasteiger partial charge on any atom is -0.467 e. The van der Waals surface area contributed by atoms with E-state index in [-0.39, 0.29) is 6.61 Å². The quantitative estimate of drug-likeness (QED) is 0.734. The van der Waals surface area contributed by atoms with Crippen molar-refractivity contribution >= 4 is 17.2 Å². The van der Waals surface area contributed by atoms with Crippen LogP contribution in [0.3, 0.4) is 0 Å². The van der Waals surface area contributed by atoms with Crippen molar-refractivity contribution in [3.63, 3.8) is 0 Å². The van der Waals surface area contributed by atoms with Crippen molar-refractivity contribution < 1.29 is 9.52 Å². The maximum atomic E-state index is 9.18. The molecule has 110 valence electrons. The summed E-state index contributed by atoms with van der Waals surface area (Å²) in [5.41, 5.74) is 2.03. The zero-order valence-corrected chi connectivity index (χ0v) is 12.6. The summed E-state index contributed by atoms with van der Waals surface area (Å²) in [5.74, 6) is 1.78. The van der Waals surface area contributed by atoms with Gasteiger partial charge in [0.05, 0.1) is 30.8 Å². The molecule has 0 amide bonds. The van der Waals surface area contributed by atoms with Crippen LogP contribution in [0.25, 0.3) is 10.6 Å². The molecule has 0 aliphatic carbocycles. The van der Waals surface area contributed by atoms with Crippen molar-refractivity contribution in [3.05, 3.63) is 47.2 Å². The van der Waals surface area contributed by atoms with Gasteiger partial charge in [0.2, 0.25) is 0 Å². The summed E-state index contributed by atoms with van der Waals surface area (Å²) < 4.78 is 7.21. The van der Waals surface area contributed by atoms with Crippen molar-refractivity contribution in [2.45, 2.75) is 20.0 Å². The van der Waals surface area contributed by atoms with E-state index in [0.29, 0.717) is 13.1 Å². The first-order chi connectivity index (χ1) is 10.3. The molecule has 3 aromatic rings. The first-order valence-electron chi connectivity index (χ1n) is 6.77. The molecule has 0 saturated heterocycles. The number of hydrogen-bond acceptors (Lipinski definition) is 5. The molecular weight excluding hydrogens is 286 g/mol. The molecule has 3 heterocycles. The Balaban J connectivity index is 1.81. The van der Waals surface area contributed by atoms with Gasteiger partial charge in [0, 0.05) is 6.07 Å². The highest BCUT2D eigenvalue weighted by Crippen LogP contribution is 2.26. The van der Waals surface area contributed by atoms with Gasteiger partial charge in [-0.25, -0.2) is 4.68 Å². The minimum atomic E-state index is 0.0556. The van der Waals surface area contributed by atoms with Gasteiger partial charge in [-0.15, -0.1) is 11.3 Å². The summed E-state index contributed by atoms with van der Waals surface area (Å²) in [7, 11) is 0. The van der Waals surface area contributed by atoms with Crippen LogP contribution in [0.1, 0.15) is 11.3 Å². The Labute approximate surface area is 126 Å². The lowest BCUT2D eigenvalue weighted by molar-refractivity contribution is 0.270. The van der Waals surface area contributed by atoms with Crippen LogP contribution in [-0.4, -0.2) is 21.5 Å². The molecule has 0 spiro atoms. The molecule has 0 saturated carbocycles. The molecule has 0 aliphatic heterocycles. The van der Waals surface area contributed by atoms with Gasteiger partial charge in [0.25, 0.3) is 0 Å². The molecule has 5 nitrogen and oxygen atoms in total. The summed E-state index contributed by atoms with van der Waals surface area (Å²) in [6, 6.07) is 7.99. The van der Waals surface area contributed by atoms with Crippen molar-refractivity contribution in [3.8, 4) is 10.6 Å². The molecule has 0 unspecified atom stereocenters. The number of nitrogens with zero attached hydrogens (tertiary/aromatic N) is 2. The number of nitrogens with one attached hydrogen (secondary N) is 1. The normalized spacial score (nSPS) is 11.0. The van der Waals surface area contributed by atoms with E-state index in [9.17, 15) is 5.11 Å². The monoisotopic (exact) mass is 303 g/mol. The topological polar surface area (TPSA) is 63.2 Å². The number of hydrogen-bond donors (Lipinski definition) is 2. The molecule has 2 N–H and O–H groups in total. The number of rotatable bonds is 6. The number of aliphatic hydroxyl groups excluding tert-OH is 1.